The van der Waals surface area contributed by atoms with Crippen molar-refractivity contribution in [1.82, 2.24) is 30.2 Å². The number of nitrogens with zero attached hydrogens (tertiary/aromatic N) is 3. The molecule has 4 heterocycles. The first kappa shape index (κ1) is 36.5. The van der Waals surface area contributed by atoms with Gasteiger partial charge in [-0.25, -0.2) is 18.4 Å². The number of carbonyl (C=O) groups is 3. The molecule has 2 saturated carbocycles. The van der Waals surface area contributed by atoms with Crippen LogP contribution in [-0.4, -0.2) is 89.7 Å². The van der Waals surface area contributed by atoms with Crippen molar-refractivity contribution in [3.63, 3.8) is 0 Å². The molecule has 1 unspecified atom stereocenters. The van der Waals surface area contributed by atoms with Gasteiger partial charge in [-0.2, -0.15) is 0 Å². The molecule has 13 nitrogen and oxygen atoms in total. The van der Waals surface area contributed by atoms with E-state index in [1.54, 1.807) is 12.0 Å². The number of benzene rings is 1. The number of fused-ring (bicyclic) bond motifs is 2. The number of rotatable bonds is 12. The lowest BCUT2D eigenvalue weighted by atomic mass is 9.98. The number of methoxy groups -OCH3 is 1. The van der Waals surface area contributed by atoms with Gasteiger partial charge in [0.05, 0.1) is 35.7 Å². The summed E-state index contributed by atoms with van der Waals surface area (Å²) in [5.74, 6) is -0.186. The molecule has 15 heteroatoms. The van der Waals surface area contributed by atoms with Crippen LogP contribution in [0.4, 0.5) is 0 Å². The van der Waals surface area contributed by atoms with Gasteiger partial charge in [-0.15, -0.1) is 11.3 Å². The number of ether oxygens (including phenoxy) is 2. The summed E-state index contributed by atoms with van der Waals surface area (Å²) >= 11 is 1.51. The van der Waals surface area contributed by atoms with Gasteiger partial charge in [0.15, 0.2) is 0 Å². The SMILES string of the molecule is CC[C@@H]1C[C@]1(NC(=O)C1C[C@@H](Oc2cc(-c3nc(C(C)C)cs3)nc3c(C)c(OC)ccc23)[C@H]2CN[C@H](C(C)C)C(=O)N12)C(=O)NS(=O)(=O)C1CC1. The first-order chi connectivity index (χ1) is 24.7. The quantitative estimate of drug-likeness (QED) is 0.246. The van der Waals surface area contributed by atoms with E-state index in [9.17, 15) is 22.8 Å². The highest BCUT2D eigenvalue weighted by atomic mass is 32.2. The molecule has 52 heavy (non-hydrogen) atoms. The summed E-state index contributed by atoms with van der Waals surface area (Å²) in [5.41, 5.74) is 1.80. The van der Waals surface area contributed by atoms with Gasteiger partial charge in [-0.05, 0) is 56.1 Å². The van der Waals surface area contributed by atoms with Gasteiger partial charge in [0.2, 0.25) is 21.8 Å². The van der Waals surface area contributed by atoms with E-state index in [0.29, 0.717) is 54.9 Å². The minimum Gasteiger partial charge on any atom is -0.496 e. The average molecular weight is 753 g/mol. The van der Waals surface area contributed by atoms with Crippen molar-refractivity contribution in [2.45, 2.75) is 115 Å². The third-order valence-corrected chi connectivity index (χ3v) is 13.8. The van der Waals surface area contributed by atoms with Gasteiger partial charge < -0.3 is 25.0 Å². The Balaban J connectivity index is 1.23. The molecule has 2 aromatic heterocycles. The Kier molecular flexibility index (Phi) is 9.52. The maximum absolute atomic E-state index is 14.3. The molecule has 4 aliphatic rings. The molecule has 7 rings (SSSR count). The van der Waals surface area contributed by atoms with Crippen LogP contribution in [-0.2, 0) is 24.4 Å². The van der Waals surface area contributed by atoms with E-state index in [1.807, 2.05) is 51.3 Å². The molecule has 4 fully saturated rings. The van der Waals surface area contributed by atoms with Crippen LogP contribution in [0.2, 0.25) is 0 Å². The van der Waals surface area contributed by atoms with Crippen molar-refractivity contribution in [3.05, 3.63) is 34.8 Å². The number of hydrogen-bond donors (Lipinski definition) is 3. The van der Waals surface area contributed by atoms with Gasteiger partial charge in [0.25, 0.3) is 5.91 Å². The lowest BCUT2D eigenvalue weighted by Crippen LogP contribution is -2.65. The number of nitrogens with one attached hydrogen (secondary N) is 3. The predicted molar refractivity (Wildman–Crippen MR) is 198 cm³/mol. The van der Waals surface area contributed by atoms with Crippen LogP contribution >= 0.6 is 11.3 Å². The Morgan fingerprint density at radius 1 is 1.15 bits per heavy atom. The second kappa shape index (κ2) is 13.5. The van der Waals surface area contributed by atoms with Crippen LogP contribution in [0.15, 0.2) is 23.6 Å². The molecule has 2 saturated heterocycles. The molecule has 3 amide bonds. The first-order valence-electron chi connectivity index (χ1n) is 18.2. The largest absolute Gasteiger partial charge is 0.496 e. The Hall–Kier alpha value is -3.82. The molecule has 0 bridgehead atoms. The van der Waals surface area contributed by atoms with E-state index in [4.69, 9.17) is 19.4 Å². The van der Waals surface area contributed by atoms with Crippen LogP contribution in [0, 0.1) is 18.8 Å². The average Bonchev–Trinajstić information content (AvgIpc) is 3.99. The van der Waals surface area contributed by atoms with Gasteiger partial charge in [0.1, 0.15) is 39.9 Å². The monoisotopic (exact) mass is 752 g/mol. The molecule has 3 N–H and O–H groups in total. The van der Waals surface area contributed by atoms with Crippen molar-refractivity contribution in [2.75, 3.05) is 13.7 Å². The zero-order valence-electron chi connectivity index (χ0n) is 30.7. The van der Waals surface area contributed by atoms with Gasteiger partial charge in [-0.3, -0.25) is 19.1 Å². The molecular weight excluding hydrogens is 705 g/mol. The first-order valence-corrected chi connectivity index (χ1v) is 20.7. The second-order valence-corrected chi connectivity index (χ2v) is 18.1. The summed E-state index contributed by atoms with van der Waals surface area (Å²) in [4.78, 5) is 53.5. The fraction of sp³-hybridized carbons (Fsp3) is 0.595. The molecule has 0 radical (unpaired) electrons. The fourth-order valence-electron chi connectivity index (χ4n) is 7.76. The maximum Gasteiger partial charge on any atom is 0.259 e. The lowest BCUT2D eigenvalue weighted by molar-refractivity contribution is -0.146. The number of thiazole rings is 1. The molecule has 1 aromatic carbocycles. The van der Waals surface area contributed by atoms with Crippen LogP contribution in [0.3, 0.4) is 0 Å². The molecule has 6 atom stereocenters. The highest BCUT2D eigenvalue weighted by Crippen LogP contribution is 2.47. The minimum atomic E-state index is -3.82. The standard InChI is InChI=1S/C37H48N6O7S2/c1-8-21-15-37(21,36(46)42-52(47,48)22-9-10-22)41-33(44)26-14-30(27-16-38-31(19(4)5)35(45)43(26)27)50-29-13-24(34-40-25(17-51-34)18(2)3)39-32-20(6)28(49-7)12-11-23(29)32/h11-13,17-19,21-22,26-27,30-31,38H,8-10,14-16H2,1-7H3,(H,41,44)(H,42,46)/t21-,26?,27-,30-,31-,37-/m1/s1. The molecule has 3 aromatic rings. The number of carbonyl (C=O) groups excluding carboxylic acids is 3. The molecule has 2 aliphatic heterocycles. The topological polar surface area (TPSA) is 169 Å². The van der Waals surface area contributed by atoms with E-state index in [0.717, 1.165) is 21.7 Å². The Morgan fingerprint density at radius 2 is 1.90 bits per heavy atom. The van der Waals surface area contributed by atoms with Crippen LogP contribution < -0.4 is 24.8 Å². The zero-order chi connectivity index (χ0) is 37.3. The summed E-state index contributed by atoms with van der Waals surface area (Å²) in [6, 6.07) is 3.73. The number of hydrogen-bond acceptors (Lipinski definition) is 11. The van der Waals surface area contributed by atoms with E-state index >= 15 is 0 Å². The van der Waals surface area contributed by atoms with Crippen molar-refractivity contribution in [2.24, 2.45) is 11.8 Å². The summed E-state index contributed by atoms with van der Waals surface area (Å²) in [6.45, 7) is 12.3. The summed E-state index contributed by atoms with van der Waals surface area (Å²) in [6.07, 6.45) is 1.51. The van der Waals surface area contributed by atoms with Gasteiger partial charge in [0, 0.05) is 35.4 Å². The van der Waals surface area contributed by atoms with E-state index < -0.39 is 56.9 Å². The van der Waals surface area contributed by atoms with E-state index in [-0.39, 0.29) is 30.1 Å². The van der Waals surface area contributed by atoms with E-state index in [2.05, 4.69) is 29.2 Å². The van der Waals surface area contributed by atoms with Crippen molar-refractivity contribution in [3.8, 4) is 22.2 Å². The maximum atomic E-state index is 14.3. The van der Waals surface area contributed by atoms with Crippen LogP contribution in [0.1, 0.15) is 83.9 Å². The van der Waals surface area contributed by atoms with Crippen LogP contribution in [0.25, 0.3) is 21.6 Å². The number of piperazine rings is 1. The second-order valence-electron chi connectivity index (χ2n) is 15.3. The summed E-state index contributed by atoms with van der Waals surface area (Å²) < 4.78 is 40.2. The highest BCUT2D eigenvalue weighted by molar-refractivity contribution is 7.91. The Labute approximate surface area is 308 Å². The van der Waals surface area contributed by atoms with Gasteiger partial charge >= 0.3 is 0 Å². The summed E-state index contributed by atoms with van der Waals surface area (Å²) in [7, 11) is -2.20. The minimum absolute atomic E-state index is 0.0338. The highest BCUT2D eigenvalue weighted by Gasteiger charge is 2.63. The zero-order valence-corrected chi connectivity index (χ0v) is 32.3. The fourth-order valence-corrected chi connectivity index (χ4v) is 10.1. The number of amides is 3. The lowest BCUT2D eigenvalue weighted by Gasteiger charge is -2.40. The number of sulfonamides is 1. The third kappa shape index (κ3) is 6.42. The van der Waals surface area contributed by atoms with Crippen molar-refractivity contribution in [1.29, 1.82) is 0 Å². The Morgan fingerprint density at radius 3 is 2.52 bits per heavy atom. The molecule has 280 valence electrons. The van der Waals surface area contributed by atoms with Crippen LogP contribution in [0.5, 0.6) is 11.5 Å². The number of aryl methyl sites for hydroxylation is 1. The molecular formula is C37H48N6O7S2. The smallest absolute Gasteiger partial charge is 0.259 e. The molecule has 0 spiro atoms. The molecule has 2 aliphatic carbocycles. The van der Waals surface area contributed by atoms with Gasteiger partial charge in [-0.1, -0.05) is 41.0 Å². The number of aromatic nitrogens is 2. The predicted octanol–water partition coefficient (Wildman–Crippen LogP) is 4.04. The van der Waals surface area contributed by atoms with Crippen molar-refractivity contribution >= 4 is 50.0 Å². The van der Waals surface area contributed by atoms with E-state index in [1.165, 1.54) is 11.3 Å². The normalized spacial score (nSPS) is 27.2. The Bertz CT molecular complexity index is 2030. The third-order valence-electron chi connectivity index (χ3n) is 11.1. The summed E-state index contributed by atoms with van der Waals surface area (Å²) in [5, 5.41) is 9.30. The number of pyridine rings is 1. The van der Waals surface area contributed by atoms with Crippen molar-refractivity contribution < 1.29 is 32.3 Å².